The highest BCUT2D eigenvalue weighted by Gasteiger charge is 2.34. The van der Waals surface area contributed by atoms with E-state index >= 15 is 0 Å². The van der Waals surface area contributed by atoms with Crippen LogP contribution in [0.3, 0.4) is 0 Å². The molecule has 0 spiro atoms. The van der Waals surface area contributed by atoms with Crippen molar-refractivity contribution < 1.29 is 23.1 Å². The van der Waals surface area contributed by atoms with Crippen LogP contribution in [0.4, 0.5) is 0 Å². The van der Waals surface area contributed by atoms with Crippen molar-refractivity contribution in [2.45, 2.75) is 61.0 Å². The van der Waals surface area contributed by atoms with Gasteiger partial charge >= 0.3 is 5.97 Å². The molecule has 1 fully saturated rings. The smallest absolute Gasteiger partial charge is 0.304 e. The van der Waals surface area contributed by atoms with Crippen molar-refractivity contribution in [2.24, 2.45) is 0 Å². The highest BCUT2D eigenvalue weighted by molar-refractivity contribution is 7.92. The van der Waals surface area contributed by atoms with Crippen molar-refractivity contribution in [2.75, 3.05) is 7.11 Å². The van der Waals surface area contributed by atoms with Crippen molar-refractivity contribution in [3.8, 4) is 5.75 Å². The topological polar surface area (TPSA) is 109 Å². The van der Waals surface area contributed by atoms with E-state index in [4.69, 9.17) is 4.74 Å². The number of benzene rings is 2. The predicted molar refractivity (Wildman–Crippen MR) is 122 cm³/mol. The van der Waals surface area contributed by atoms with Crippen LogP contribution in [0, 0.1) is 0 Å². The number of nitrogens with one attached hydrogen (secondary N) is 1. The first-order valence-electron chi connectivity index (χ1n) is 11.0. The van der Waals surface area contributed by atoms with E-state index in [0.717, 1.165) is 31.5 Å². The van der Waals surface area contributed by atoms with Crippen LogP contribution >= 0.6 is 0 Å². The molecule has 7 nitrogen and oxygen atoms in total. The third kappa shape index (κ3) is 4.80. The van der Waals surface area contributed by atoms with Gasteiger partial charge in [0.25, 0.3) is 0 Å². The number of rotatable bonds is 11. The number of sulfone groups is 1. The van der Waals surface area contributed by atoms with Crippen LogP contribution in [-0.2, 0) is 21.1 Å². The monoisotopic (exact) mass is 456 g/mol. The Morgan fingerprint density at radius 3 is 2.59 bits per heavy atom. The van der Waals surface area contributed by atoms with Crippen LogP contribution in [0.2, 0.25) is 0 Å². The molecule has 1 atom stereocenters. The number of hydrogen-bond acceptors (Lipinski definition) is 5. The van der Waals surface area contributed by atoms with E-state index in [9.17, 15) is 18.3 Å². The first-order chi connectivity index (χ1) is 15.4. The molecule has 32 heavy (non-hydrogen) atoms. The fourth-order valence-electron chi connectivity index (χ4n) is 4.10. The number of hydrogen-bond donors (Lipinski definition) is 2. The number of imidazole rings is 1. The summed E-state index contributed by atoms with van der Waals surface area (Å²) >= 11 is 0. The van der Waals surface area contributed by atoms with Crippen molar-refractivity contribution in [3.63, 3.8) is 0 Å². The quantitative estimate of drug-likeness (QED) is 0.412. The summed E-state index contributed by atoms with van der Waals surface area (Å²) in [4.78, 5) is 19.4. The Hall–Kier alpha value is -2.87. The second-order valence-corrected chi connectivity index (χ2v) is 10.6. The molecule has 0 bridgehead atoms. The minimum Gasteiger partial charge on any atom is -0.494 e. The van der Waals surface area contributed by atoms with Gasteiger partial charge < -0.3 is 14.8 Å². The molecule has 1 aromatic heterocycles. The molecule has 2 aromatic carbocycles. The average molecular weight is 457 g/mol. The summed E-state index contributed by atoms with van der Waals surface area (Å²) in [5, 5.41) is 8.40. The van der Waals surface area contributed by atoms with E-state index in [2.05, 4.69) is 9.97 Å². The second kappa shape index (κ2) is 9.32. The number of aromatic nitrogens is 2. The molecule has 170 valence electrons. The van der Waals surface area contributed by atoms with E-state index < -0.39 is 27.5 Å². The Morgan fingerprint density at radius 1 is 1.19 bits per heavy atom. The Balaban J connectivity index is 1.59. The Kier molecular flexibility index (Phi) is 6.50. The molecule has 0 aliphatic heterocycles. The van der Waals surface area contributed by atoms with Crippen LogP contribution in [0.25, 0.3) is 11.0 Å². The van der Waals surface area contributed by atoms with E-state index in [0.29, 0.717) is 35.5 Å². The van der Waals surface area contributed by atoms with Gasteiger partial charge in [0.15, 0.2) is 9.84 Å². The Bertz CT molecular complexity index is 1200. The van der Waals surface area contributed by atoms with Crippen LogP contribution in [0.1, 0.15) is 55.8 Å². The molecule has 1 saturated carbocycles. The van der Waals surface area contributed by atoms with Gasteiger partial charge in [0, 0.05) is 5.92 Å². The zero-order valence-corrected chi connectivity index (χ0v) is 18.9. The maximum Gasteiger partial charge on any atom is 0.304 e. The van der Waals surface area contributed by atoms with Crippen molar-refractivity contribution in [1.82, 2.24) is 9.97 Å². The Labute approximate surface area is 187 Å². The summed E-state index contributed by atoms with van der Waals surface area (Å²) in [7, 11) is -2.37. The summed E-state index contributed by atoms with van der Waals surface area (Å²) in [6.45, 7) is 0. The second-order valence-electron chi connectivity index (χ2n) is 8.38. The van der Waals surface area contributed by atoms with Gasteiger partial charge in [-0.05, 0) is 49.8 Å². The van der Waals surface area contributed by atoms with E-state index in [-0.39, 0.29) is 4.90 Å². The average Bonchev–Trinajstić information content (AvgIpc) is 3.53. The fourth-order valence-corrected chi connectivity index (χ4v) is 5.99. The Morgan fingerprint density at radius 2 is 1.94 bits per heavy atom. The van der Waals surface area contributed by atoms with E-state index in [1.807, 2.05) is 30.3 Å². The molecular weight excluding hydrogens is 428 g/mol. The lowest BCUT2D eigenvalue weighted by molar-refractivity contribution is -0.137. The number of aliphatic carboxylic acids is 1. The van der Waals surface area contributed by atoms with Crippen molar-refractivity contribution in [3.05, 3.63) is 53.9 Å². The molecule has 1 aliphatic carbocycles. The molecular formula is C24H28N2O5S. The third-order valence-electron chi connectivity index (χ3n) is 6.00. The highest BCUT2D eigenvalue weighted by Crippen LogP contribution is 2.41. The molecule has 1 aliphatic rings. The number of H-pyrrole nitrogens is 1. The van der Waals surface area contributed by atoms with Gasteiger partial charge in [-0.25, -0.2) is 13.4 Å². The van der Waals surface area contributed by atoms with Gasteiger partial charge in [0.1, 0.15) is 17.1 Å². The molecule has 3 aromatic rings. The molecule has 0 saturated heterocycles. The lowest BCUT2D eigenvalue weighted by Crippen LogP contribution is -2.25. The number of ether oxygens (including phenoxy) is 1. The van der Waals surface area contributed by atoms with Crippen LogP contribution in [-0.4, -0.2) is 41.8 Å². The number of carboxylic acids is 1. The fraction of sp³-hybridized carbons (Fsp3) is 0.417. The summed E-state index contributed by atoms with van der Waals surface area (Å²) in [5.74, 6) is 0.462. The van der Waals surface area contributed by atoms with E-state index in [1.54, 1.807) is 6.07 Å². The van der Waals surface area contributed by atoms with Gasteiger partial charge in [-0.2, -0.15) is 0 Å². The molecule has 0 radical (unpaired) electrons. The van der Waals surface area contributed by atoms with Crippen LogP contribution in [0.15, 0.2) is 47.4 Å². The maximum atomic E-state index is 13.6. The van der Waals surface area contributed by atoms with Gasteiger partial charge in [0.05, 0.1) is 29.2 Å². The lowest BCUT2D eigenvalue weighted by Gasteiger charge is -2.17. The van der Waals surface area contributed by atoms with Crippen LogP contribution in [0.5, 0.6) is 5.75 Å². The zero-order valence-electron chi connectivity index (χ0n) is 18.1. The highest BCUT2D eigenvalue weighted by atomic mass is 32.2. The number of aromatic amines is 1. The number of carbonyl (C=O) groups is 1. The summed E-state index contributed by atoms with van der Waals surface area (Å²) in [5.41, 5.74) is 2.08. The zero-order chi connectivity index (χ0) is 22.7. The van der Waals surface area contributed by atoms with E-state index in [1.165, 1.54) is 18.7 Å². The molecule has 1 unspecified atom stereocenters. The first kappa shape index (κ1) is 22.3. The third-order valence-corrected chi connectivity index (χ3v) is 8.24. The lowest BCUT2D eigenvalue weighted by atomic mass is 10.1. The molecule has 4 rings (SSSR count). The summed E-state index contributed by atoms with van der Waals surface area (Å²) in [6.07, 6.45) is 4.16. The number of nitrogens with zero attached hydrogens (tertiary/aromatic N) is 1. The minimum atomic E-state index is -3.89. The normalized spacial score (nSPS) is 15.0. The molecule has 0 amide bonds. The maximum absolute atomic E-state index is 13.6. The number of methoxy groups -OCH3 is 1. The summed E-state index contributed by atoms with van der Waals surface area (Å²) in [6, 6.07) is 13.1. The van der Waals surface area contributed by atoms with Crippen LogP contribution < -0.4 is 4.74 Å². The van der Waals surface area contributed by atoms with Gasteiger partial charge in [-0.3, -0.25) is 4.79 Å². The molecule has 1 heterocycles. The summed E-state index contributed by atoms with van der Waals surface area (Å²) < 4.78 is 32.6. The number of carboxylic acid groups (broad SMARTS) is 1. The first-order valence-corrected chi connectivity index (χ1v) is 12.5. The van der Waals surface area contributed by atoms with Crippen molar-refractivity contribution in [1.29, 1.82) is 0 Å². The molecule has 2 N–H and O–H groups in total. The number of fused-ring (bicyclic) bond motifs is 1. The molecule has 8 heteroatoms. The van der Waals surface area contributed by atoms with Gasteiger partial charge in [-0.1, -0.05) is 36.8 Å². The van der Waals surface area contributed by atoms with Gasteiger partial charge in [-0.15, -0.1) is 0 Å². The minimum absolute atomic E-state index is 0.0991. The SMILES string of the molecule is COc1ccc(S(=O)(=O)C(CCCCc2ccccc2)CC(=O)O)c2[nH]c(C3CC3)nc12. The standard InChI is InChI=1S/C24H28N2O5S/c1-31-19-13-14-20(23-22(19)25-24(26-23)17-11-12-17)32(29,30)18(15-21(27)28)10-6-5-9-16-7-3-2-4-8-16/h2-4,7-8,13-14,17-18H,5-6,9-12,15H2,1H3,(H,25,26)(H,27,28). The van der Waals surface area contributed by atoms with Crippen molar-refractivity contribution >= 4 is 26.8 Å². The predicted octanol–water partition coefficient (Wildman–Crippen LogP) is 4.48. The number of aryl methyl sites for hydroxylation is 1. The largest absolute Gasteiger partial charge is 0.494 e. The number of unbranched alkanes of at least 4 members (excludes halogenated alkanes) is 1. The van der Waals surface area contributed by atoms with Gasteiger partial charge in [0.2, 0.25) is 0 Å².